The molecule has 0 aliphatic carbocycles. The monoisotopic (exact) mass is 275 g/mol. The van der Waals surface area contributed by atoms with Crippen LogP contribution in [0, 0.1) is 12.7 Å². The maximum Gasteiger partial charge on any atom is 0.340 e. The lowest BCUT2D eigenvalue weighted by Gasteiger charge is -2.10. The normalized spacial score (nSPS) is 10.2. The molecular weight excluding hydrogens is 261 g/mol. The Bertz CT molecular complexity index is 656. The predicted molar refractivity (Wildman–Crippen MR) is 73.4 cm³/mol. The van der Waals surface area contributed by atoms with Crippen LogP contribution in [0.1, 0.15) is 15.9 Å². The first-order valence-electron chi connectivity index (χ1n) is 5.93. The molecule has 0 saturated heterocycles. The van der Waals surface area contributed by atoms with E-state index in [1.165, 1.54) is 13.2 Å². The molecule has 0 heterocycles. The number of benzene rings is 2. The van der Waals surface area contributed by atoms with Crippen molar-refractivity contribution in [3.8, 4) is 11.5 Å². The second-order valence-corrected chi connectivity index (χ2v) is 4.28. The van der Waals surface area contributed by atoms with Gasteiger partial charge in [-0.3, -0.25) is 0 Å². The van der Waals surface area contributed by atoms with E-state index in [1.54, 1.807) is 18.2 Å². The van der Waals surface area contributed by atoms with Crippen molar-refractivity contribution < 1.29 is 18.7 Å². The van der Waals surface area contributed by atoms with Gasteiger partial charge in [-0.05, 0) is 24.6 Å². The van der Waals surface area contributed by atoms with E-state index in [0.717, 1.165) is 11.6 Å². The molecule has 0 fully saturated rings. The summed E-state index contributed by atoms with van der Waals surface area (Å²) in [7, 11) is 1.23. The van der Waals surface area contributed by atoms with Gasteiger partial charge in [0.25, 0.3) is 0 Å². The highest BCUT2D eigenvalue weighted by atomic mass is 19.1. The second-order valence-electron chi connectivity index (χ2n) is 4.28. The molecule has 0 saturated carbocycles. The summed E-state index contributed by atoms with van der Waals surface area (Å²) in [6.45, 7) is 1.89. The number of halogens is 1. The topological polar surface area (TPSA) is 61.5 Å². The lowest BCUT2D eigenvalue weighted by atomic mass is 10.1. The third-order valence-corrected chi connectivity index (χ3v) is 2.73. The number of ether oxygens (including phenoxy) is 2. The summed E-state index contributed by atoms with van der Waals surface area (Å²) in [4.78, 5) is 11.5. The average Bonchev–Trinajstić information content (AvgIpc) is 2.41. The largest absolute Gasteiger partial charge is 0.465 e. The van der Waals surface area contributed by atoms with E-state index in [4.69, 9.17) is 10.5 Å². The number of hydrogen-bond donors (Lipinski definition) is 1. The molecule has 0 radical (unpaired) electrons. The van der Waals surface area contributed by atoms with Crippen LogP contribution in [-0.2, 0) is 4.74 Å². The molecule has 2 N–H and O–H groups in total. The van der Waals surface area contributed by atoms with Gasteiger partial charge in [0, 0.05) is 17.8 Å². The minimum atomic E-state index is -0.642. The Morgan fingerprint density at radius 1 is 1.25 bits per heavy atom. The lowest BCUT2D eigenvalue weighted by molar-refractivity contribution is 0.0601. The summed E-state index contributed by atoms with van der Waals surface area (Å²) >= 11 is 0. The summed E-state index contributed by atoms with van der Waals surface area (Å²) in [5.74, 6) is -0.886. The molecule has 0 bridgehead atoms. The standard InChI is InChI=1S/C15H14FNO3/c1-9-4-3-5-10(6-9)20-14-7-11(15(18)19-2)13(17)8-12(14)16/h3-8H,17H2,1-2H3. The lowest BCUT2D eigenvalue weighted by Crippen LogP contribution is -2.06. The fraction of sp³-hybridized carbons (Fsp3) is 0.133. The van der Waals surface area contributed by atoms with Gasteiger partial charge in [0.2, 0.25) is 0 Å². The van der Waals surface area contributed by atoms with Gasteiger partial charge in [0.1, 0.15) is 5.75 Å². The Hall–Kier alpha value is -2.56. The van der Waals surface area contributed by atoms with Gasteiger partial charge in [0.15, 0.2) is 11.6 Å². The summed E-state index contributed by atoms with van der Waals surface area (Å²) in [6.07, 6.45) is 0. The molecule has 0 aliphatic rings. The van der Waals surface area contributed by atoms with Crippen LogP contribution in [-0.4, -0.2) is 13.1 Å². The van der Waals surface area contributed by atoms with Gasteiger partial charge < -0.3 is 15.2 Å². The fourth-order valence-corrected chi connectivity index (χ4v) is 1.74. The highest BCUT2D eigenvalue weighted by molar-refractivity contribution is 5.95. The minimum absolute atomic E-state index is 0.00550. The average molecular weight is 275 g/mol. The smallest absolute Gasteiger partial charge is 0.340 e. The fourth-order valence-electron chi connectivity index (χ4n) is 1.74. The van der Waals surface area contributed by atoms with E-state index >= 15 is 0 Å². The maximum absolute atomic E-state index is 13.8. The number of carbonyl (C=O) groups excluding carboxylic acids is 1. The third kappa shape index (κ3) is 2.88. The van der Waals surface area contributed by atoms with Gasteiger partial charge in [0.05, 0.1) is 12.7 Å². The molecule has 4 nitrogen and oxygen atoms in total. The predicted octanol–water partition coefficient (Wildman–Crippen LogP) is 3.30. The number of anilines is 1. The number of aryl methyl sites for hydroxylation is 1. The molecule has 0 atom stereocenters. The maximum atomic E-state index is 13.8. The summed E-state index contributed by atoms with van der Waals surface area (Å²) in [5, 5.41) is 0. The molecule has 0 spiro atoms. The molecule has 2 aromatic rings. The van der Waals surface area contributed by atoms with Crippen molar-refractivity contribution in [1.82, 2.24) is 0 Å². The zero-order valence-electron chi connectivity index (χ0n) is 11.1. The van der Waals surface area contributed by atoms with Crippen molar-refractivity contribution in [2.24, 2.45) is 0 Å². The number of carbonyl (C=O) groups is 1. The van der Waals surface area contributed by atoms with Crippen molar-refractivity contribution >= 4 is 11.7 Å². The summed E-state index contributed by atoms with van der Waals surface area (Å²) in [6, 6.07) is 9.41. The van der Waals surface area contributed by atoms with E-state index in [2.05, 4.69) is 4.74 Å². The zero-order chi connectivity index (χ0) is 14.7. The van der Waals surface area contributed by atoms with Gasteiger partial charge in [-0.25, -0.2) is 9.18 Å². The molecule has 5 heteroatoms. The van der Waals surface area contributed by atoms with Crippen LogP contribution in [0.15, 0.2) is 36.4 Å². The Balaban J connectivity index is 2.39. The molecule has 2 aromatic carbocycles. The summed E-state index contributed by atoms with van der Waals surface area (Å²) < 4.78 is 23.9. The van der Waals surface area contributed by atoms with Gasteiger partial charge in [-0.15, -0.1) is 0 Å². The first kappa shape index (κ1) is 13.9. The molecule has 0 aliphatic heterocycles. The van der Waals surface area contributed by atoms with Gasteiger partial charge >= 0.3 is 5.97 Å². The van der Waals surface area contributed by atoms with Crippen molar-refractivity contribution in [2.45, 2.75) is 6.92 Å². The molecule has 20 heavy (non-hydrogen) atoms. The number of methoxy groups -OCH3 is 1. The number of rotatable bonds is 3. The first-order chi connectivity index (χ1) is 9.51. The van der Waals surface area contributed by atoms with Crippen LogP contribution in [0.2, 0.25) is 0 Å². The van der Waals surface area contributed by atoms with Crippen LogP contribution in [0.5, 0.6) is 11.5 Å². The molecule has 0 unspecified atom stereocenters. The van der Waals surface area contributed by atoms with Crippen molar-refractivity contribution in [2.75, 3.05) is 12.8 Å². The van der Waals surface area contributed by atoms with E-state index in [-0.39, 0.29) is 17.0 Å². The van der Waals surface area contributed by atoms with Crippen LogP contribution in [0.3, 0.4) is 0 Å². The Morgan fingerprint density at radius 3 is 2.65 bits per heavy atom. The van der Waals surface area contributed by atoms with Crippen LogP contribution in [0.25, 0.3) is 0 Å². The van der Waals surface area contributed by atoms with Gasteiger partial charge in [-0.2, -0.15) is 0 Å². The first-order valence-corrected chi connectivity index (χ1v) is 5.93. The highest BCUT2D eigenvalue weighted by Gasteiger charge is 2.16. The molecular formula is C15H14FNO3. The van der Waals surface area contributed by atoms with Crippen molar-refractivity contribution in [1.29, 1.82) is 0 Å². The molecule has 0 amide bonds. The third-order valence-electron chi connectivity index (χ3n) is 2.73. The number of hydrogen-bond acceptors (Lipinski definition) is 4. The Morgan fingerprint density at radius 2 is 2.00 bits per heavy atom. The highest BCUT2D eigenvalue weighted by Crippen LogP contribution is 2.29. The van der Waals surface area contributed by atoms with E-state index in [0.29, 0.717) is 5.75 Å². The zero-order valence-corrected chi connectivity index (χ0v) is 11.1. The second kappa shape index (κ2) is 5.61. The van der Waals surface area contributed by atoms with Crippen molar-refractivity contribution in [3.05, 3.63) is 53.3 Å². The molecule has 104 valence electrons. The quantitative estimate of drug-likeness (QED) is 0.689. The Labute approximate surface area is 115 Å². The molecule has 2 rings (SSSR count). The van der Waals surface area contributed by atoms with Crippen molar-refractivity contribution in [3.63, 3.8) is 0 Å². The Kier molecular flexibility index (Phi) is 3.89. The van der Waals surface area contributed by atoms with Crippen LogP contribution >= 0.6 is 0 Å². The molecule has 0 aromatic heterocycles. The van der Waals surface area contributed by atoms with E-state index < -0.39 is 11.8 Å². The number of nitrogens with two attached hydrogens (primary N) is 1. The van der Waals surface area contributed by atoms with Gasteiger partial charge in [-0.1, -0.05) is 12.1 Å². The van der Waals surface area contributed by atoms with E-state index in [9.17, 15) is 9.18 Å². The number of esters is 1. The minimum Gasteiger partial charge on any atom is -0.465 e. The SMILES string of the molecule is COC(=O)c1cc(Oc2cccc(C)c2)c(F)cc1N. The van der Waals surface area contributed by atoms with Crippen LogP contribution < -0.4 is 10.5 Å². The van der Waals surface area contributed by atoms with E-state index in [1.807, 2.05) is 13.0 Å². The number of nitrogen functional groups attached to an aromatic ring is 1. The van der Waals surface area contributed by atoms with Crippen LogP contribution in [0.4, 0.5) is 10.1 Å². The summed E-state index contributed by atoms with van der Waals surface area (Å²) in [5.41, 5.74) is 6.64.